The first-order valence-electron chi connectivity index (χ1n) is 15.4. The van der Waals surface area contributed by atoms with Crippen LogP contribution in [0.2, 0.25) is 0 Å². The Hall–Kier alpha value is -4.50. The van der Waals surface area contributed by atoms with Crippen LogP contribution in [0.4, 0.5) is 4.79 Å². The summed E-state index contributed by atoms with van der Waals surface area (Å²) < 4.78 is 34.9. The molecule has 1 aliphatic carbocycles. The van der Waals surface area contributed by atoms with Gasteiger partial charge < -0.3 is 15.2 Å². The number of rotatable bonds is 14. The molecule has 2 aliphatic rings. The van der Waals surface area contributed by atoms with E-state index in [0.717, 1.165) is 10.4 Å². The third-order valence-corrected chi connectivity index (χ3v) is 10.4. The van der Waals surface area contributed by atoms with Crippen molar-refractivity contribution in [2.24, 2.45) is 10.9 Å². The van der Waals surface area contributed by atoms with Gasteiger partial charge >= 0.3 is 6.09 Å². The number of alkyl carbamates (subject to hydrolysis) is 1. The molecular formula is C34H38N6O6S2. The fourth-order valence-electron chi connectivity index (χ4n) is 5.24. The van der Waals surface area contributed by atoms with Crippen molar-refractivity contribution in [2.75, 3.05) is 20.1 Å². The summed E-state index contributed by atoms with van der Waals surface area (Å²) in [6, 6.07) is 13.5. The Morgan fingerprint density at radius 2 is 1.85 bits per heavy atom. The second-order valence-corrected chi connectivity index (χ2v) is 14.8. The van der Waals surface area contributed by atoms with E-state index in [1.165, 1.54) is 26.7 Å². The number of ether oxygens (including phenoxy) is 1. The first-order chi connectivity index (χ1) is 23.0. The molecule has 252 valence electrons. The van der Waals surface area contributed by atoms with Crippen LogP contribution < -0.4 is 5.32 Å². The Bertz CT molecular complexity index is 1820. The number of carbonyl (C=O) groups excluding carboxylic acids is 2. The summed E-state index contributed by atoms with van der Waals surface area (Å²) in [5.74, 6) is -0.0181. The predicted molar refractivity (Wildman–Crippen MR) is 183 cm³/mol. The lowest BCUT2D eigenvalue weighted by Gasteiger charge is -2.31. The number of amides is 2. The van der Waals surface area contributed by atoms with Crippen molar-refractivity contribution in [1.82, 2.24) is 24.5 Å². The Kier molecular flexibility index (Phi) is 11.3. The average molecular weight is 691 g/mol. The minimum Gasteiger partial charge on any atom is -0.444 e. The molecule has 2 atom stereocenters. The number of aliphatic hydroxyl groups is 1. The molecule has 1 aliphatic heterocycles. The van der Waals surface area contributed by atoms with Gasteiger partial charge in [-0.05, 0) is 42.2 Å². The van der Waals surface area contributed by atoms with Gasteiger partial charge in [0.05, 0.1) is 33.2 Å². The van der Waals surface area contributed by atoms with Gasteiger partial charge in [-0.2, -0.15) is 4.31 Å². The lowest BCUT2D eigenvalue weighted by atomic mass is 10.0. The van der Waals surface area contributed by atoms with Gasteiger partial charge in [0.15, 0.2) is 0 Å². The summed E-state index contributed by atoms with van der Waals surface area (Å²) in [6.45, 7) is 3.68. The molecule has 2 amide bonds. The van der Waals surface area contributed by atoms with Gasteiger partial charge in [0.2, 0.25) is 10.0 Å². The maximum absolute atomic E-state index is 14.1. The van der Waals surface area contributed by atoms with Gasteiger partial charge in [-0.15, -0.1) is 11.3 Å². The standard InChI is InChI=1S/C34H38N6O6S2/c1-23(2)19-40(20-31(41)30(15-24-9-5-4-6-10-24)38-34(43)46-21-26-18-35-22-47-26)48(44,45)27-13-12-25-16-32(37-29(25)17-27)39(3)33(42)28-11-7-8-14-36-28/h4-14,16,18,22-23,30-31,41H,15,17,19-21H2,1-3H3,(H,38,43). The smallest absolute Gasteiger partial charge is 0.407 e. The summed E-state index contributed by atoms with van der Waals surface area (Å²) in [7, 11) is -2.48. The number of allylic oxidation sites excluding steroid dienone is 5. The number of nitrogens with zero attached hydrogens (tertiary/aromatic N) is 5. The number of hydrogen-bond acceptors (Lipinski definition) is 10. The number of sulfonamides is 1. The molecule has 5 rings (SSSR count). The molecule has 2 unspecified atom stereocenters. The van der Waals surface area contributed by atoms with Crippen molar-refractivity contribution in [1.29, 1.82) is 0 Å². The van der Waals surface area contributed by atoms with E-state index in [1.54, 1.807) is 55.2 Å². The normalized spacial score (nSPS) is 15.5. The van der Waals surface area contributed by atoms with Crippen LogP contribution in [0.15, 0.2) is 106 Å². The number of aliphatic imine (C=N–C) groups is 1. The average Bonchev–Trinajstić information content (AvgIpc) is 3.77. The monoisotopic (exact) mass is 690 g/mol. The Balaban J connectivity index is 1.31. The minimum atomic E-state index is -4.08. The number of aromatic nitrogens is 2. The Morgan fingerprint density at radius 1 is 1.08 bits per heavy atom. The van der Waals surface area contributed by atoms with Crippen LogP contribution in [0, 0.1) is 5.92 Å². The van der Waals surface area contributed by atoms with Crippen molar-refractivity contribution in [2.45, 2.75) is 45.4 Å². The molecule has 14 heteroatoms. The number of thiazole rings is 1. The highest BCUT2D eigenvalue weighted by Crippen LogP contribution is 2.31. The van der Waals surface area contributed by atoms with E-state index < -0.39 is 28.3 Å². The molecule has 0 saturated carbocycles. The third-order valence-electron chi connectivity index (χ3n) is 7.72. The van der Waals surface area contributed by atoms with E-state index in [2.05, 4.69) is 20.3 Å². The molecule has 2 aromatic heterocycles. The minimum absolute atomic E-state index is 0.0140. The summed E-state index contributed by atoms with van der Waals surface area (Å²) >= 11 is 1.35. The number of pyridine rings is 1. The summed E-state index contributed by atoms with van der Waals surface area (Å²) in [5, 5.41) is 14.3. The lowest BCUT2D eigenvalue weighted by molar-refractivity contribution is 0.0829. The largest absolute Gasteiger partial charge is 0.444 e. The second kappa shape index (κ2) is 15.6. The number of benzene rings is 1. The van der Waals surface area contributed by atoms with Gasteiger partial charge in [-0.3, -0.25) is 19.7 Å². The zero-order chi connectivity index (χ0) is 34.3. The first kappa shape index (κ1) is 34.8. The number of carbonyl (C=O) groups is 2. The predicted octanol–water partition coefficient (Wildman–Crippen LogP) is 4.31. The molecule has 0 saturated heterocycles. The van der Waals surface area contributed by atoms with Gasteiger partial charge in [0, 0.05) is 44.5 Å². The Labute approximate surface area is 284 Å². The van der Waals surface area contributed by atoms with Crippen molar-refractivity contribution >= 4 is 39.1 Å². The summed E-state index contributed by atoms with van der Waals surface area (Å²) in [5.41, 5.74) is 3.98. The maximum atomic E-state index is 14.1. The first-order valence-corrected chi connectivity index (χ1v) is 17.8. The van der Waals surface area contributed by atoms with Crippen molar-refractivity contribution in [3.05, 3.63) is 117 Å². The van der Waals surface area contributed by atoms with Crippen molar-refractivity contribution in [3.8, 4) is 0 Å². The van der Waals surface area contributed by atoms with E-state index in [1.807, 2.05) is 44.2 Å². The van der Waals surface area contributed by atoms with E-state index in [0.29, 0.717) is 17.1 Å². The van der Waals surface area contributed by atoms with Crippen LogP contribution in [0.5, 0.6) is 0 Å². The lowest BCUT2D eigenvalue weighted by Crippen LogP contribution is -2.51. The van der Waals surface area contributed by atoms with Gasteiger partial charge in [-0.1, -0.05) is 56.3 Å². The molecule has 2 N–H and O–H groups in total. The molecular weight excluding hydrogens is 653 g/mol. The van der Waals surface area contributed by atoms with E-state index >= 15 is 0 Å². The Morgan fingerprint density at radius 3 is 2.54 bits per heavy atom. The molecule has 0 fully saturated rings. The van der Waals surface area contributed by atoms with E-state index in [4.69, 9.17) is 4.74 Å². The molecule has 0 spiro atoms. The molecule has 3 heterocycles. The third kappa shape index (κ3) is 8.69. The highest BCUT2D eigenvalue weighted by molar-refractivity contribution is 7.93. The van der Waals surface area contributed by atoms with Crippen LogP contribution >= 0.6 is 11.3 Å². The fraction of sp³-hybridized carbons (Fsp3) is 0.324. The molecule has 1 aromatic carbocycles. The maximum Gasteiger partial charge on any atom is 0.407 e. The second-order valence-electron chi connectivity index (χ2n) is 11.8. The highest BCUT2D eigenvalue weighted by atomic mass is 32.2. The molecule has 48 heavy (non-hydrogen) atoms. The van der Waals surface area contributed by atoms with Gasteiger partial charge in [-0.25, -0.2) is 18.2 Å². The van der Waals surface area contributed by atoms with Crippen LogP contribution in [-0.4, -0.2) is 82.7 Å². The SMILES string of the molecule is CC(C)CN(CC(O)C(Cc1ccccc1)NC(=O)OCc1cncs1)S(=O)(=O)C1=CC=C2C=C(N(C)C(=O)c3ccccn3)N=C2C1. The molecule has 0 bridgehead atoms. The van der Waals surface area contributed by atoms with Crippen LogP contribution in [0.25, 0.3) is 0 Å². The zero-order valence-electron chi connectivity index (χ0n) is 26.9. The van der Waals surface area contributed by atoms with Crippen molar-refractivity contribution < 1.29 is 27.9 Å². The zero-order valence-corrected chi connectivity index (χ0v) is 28.5. The number of hydrogen-bond donors (Lipinski definition) is 2. The number of nitrogens with one attached hydrogen (secondary N) is 1. The van der Waals surface area contributed by atoms with Crippen LogP contribution in [0.3, 0.4) is 0 Å². The quantitative estimate of drug-likeness (QED) is 0.254. The summed E-state index contributed by atoms with van der Waals surface area (Å²) in [4.78, 5) is 40.7. The summed E-state index contributed by atoms with van der Waals surface area (Å²) in [6.07, 6.45) is 6.35. The van der Waals surface area contributed by atoms with Gasteiger partial charge in [0.25, 0.3) is 5.91 Å². The number of fused-ring (bicyclic) bond motifs is 1. The highest BCUT2D eigenvalue weighted by Gasteiger charge is 2.35. The molecule has 0 radical (unpaired) electrons. The topological polar surface area (TPSA) is 154 Å². The number of aliphatic hydroxyl groups excluding tert-OH is 1. The molecule has 12 nitrogen and oxygen atoms in total. The fourth-order valence-corrected chi connectivity index (χ4v) is 7.48. The van der Waals surface area contributed by atoms with Crippen LogP contribution in [-0.2, 0) is 27.8 Å². The van der Waals surface area contributed by atoms with Gasteiger partial charge in [0.1, 0.15) is 18.1 Å². The van der Waals surface area contributed by atoms with Crippen LogP contribution in [0.1, 0.15) is 41.2 Å². The van der Waals surface area contributed by atoms with Crippen molar-refractivity contribution in [3.63, 3.8) is 0 Å². The van der Waals surface area contributed by atoms with E-state index in [-0.39, 0.29) is 55.0 Å². The van der Waals surface area contributed by atoms with E-state index in [9.17, 15) is 23.1 Å². The molecule has 3 aromatic rings.